The van der Waals surface area contributed by atoms with Crippen LogP contribution in [0.15, 0.2) is 17.1 Å². The van der Waals surface area contributed by atoms with Gasteiger partial charge in [0.1, 0.15) is 0 Å². The van der Waals surface area contributed by atoms with Gasteiger partial charge in [-0.3, -0.25) is 9.59 Å². The van der Waals surface area contributed by atoms with Crippen LogP contribution in [-0.4, -0.2) is 66.6 Å². The maximum absolute atomic E-state index is 12.7. The van der Waals surface area contributed by atoms with Crippen molar-refractivity contribution in [2.45, 2.75) is 25.9 Å². The fourth-order valence-electron chi connectivity index (χ4n) is 3.15. The number of carbonyl (C=O) groups excluding carboxylic acids is 1. The second-order valence-electron chi connectivity index (χ2n) is 6.80. The van der Waals surface area contributed by atoms with E-state index in [-0.39, 0.29) is 17.6 Å². The first kappa shape index (κ1) is 16.2. The van der Waals surface area contributed by atoms with Crippen LogP contribution < -0.4 is 5.56 Å². The molecule has 1 aromatic heterocycles. The number of rotatable bonds is 5. The van der Waals surface area contributed by atoms with Crippen LogP contribution in [0, 0.1) is 12.8 Å². The molecule has 3 rings (SSSR count). The summed E-state index contributed by atoms with van der Waals surface area (Å²) in [6.07, 6.45) is 4.25. The van der Waals surface area contributed by atoms with Crippen molar-refractivity contribution in [3.63, 3.8) is 0 Å². The highest BCUT2D eigenvalue weighted by Crippen LogP contribution is 2.29. The maximum Gasteiger partial charge on any atom is 0.255 e. The summed E-state index contributed by atoms with van der Waals surface area (Å²) in [5.41, 5.74) is 1.10. The molecule has 2 aliphatic rings. The van der Waals surface area contributed by atoms with Gasteiger partial charge in [0.2, 0.25) is 5.56 Å². The Morgan fingerprint density at radius 3 is 2.91 bits per heavy atom. The van der Waals surface area contributed by atoms with Crippen molar-refractivity contribution in [2.24, 2.45) is 5.92 Å². The molecular weight excluding hydrogens is 294 g/mol. The number of aromatic nitrogens is 1. The van der Waals surface area contributed by atoms with E-state index >= 15 is 0 Å². The SMILES string of the molecule is Cc1cc(=O)[nH]cc1C(=O)N1CCO[C@H](CN(C)CC2CC2)C1. The number of ether oxygens (including phenoxy) is 1. The molecule has 1 N–H and O–H groups in total. The lowest BCUT2D eigenvalue weighted by Gasteiger charge is -2.35. The van der Waals surface area contributed by atoms with E-state index in [4.69, 9.17) is 4.74 Å². The molecule has 1 saturated heterocycles. The Hall–Kier alpha value is -1.66. The highest BCUT2D eigenvalue weighted by Gasteiger charge is 2.28. The van der Waals surface area contributed by atoms with Gasteiger partial charge in [-0.05, 0) is 38.3 Å². The van der Waals surface area contributed by atoms with Crippen molar-refractivity contribution in [3.05, 3.63) is 33.7 Å². The molecule has 2 fully saturated rings. The number of H-pyrrole nitrogens is 1. The molecule has 0 radical (unpaired) electrons. The van der Waals surface area contributed by atoms with Gasteiger partial charge < -0.3 is 19.5 Å². The molecule has 23 heavy (non-hydrogen) atoms. The van der Waals surface area contributed by atoms with Crippen molar-refractivity contribution in [3.8, 4) is 0 Å². The van der Waals surface area contributed by atoms with E-state index in [1.165, 1.54) is 25.1 Å². The van der Waals surface area contributed by atoms with Crippen molar-refractivity contribution >= 4 is 5.91 Å². The molecule has 2 heterocycles. The molecule has 1 aliphatic heterocycles. The second-order valence-corrected chi connectivity index (χ2v) is 6.80. The van der Waals surface area contributed by atoms with Crippen molar-refractivity contribution < 1.29 is 9.53 Å². The zero-order valence-corrected chi connectivity index (χ0v) is 13.9. The first-order valence-electron chi connectivity index (χ1n) is 8.31. The smallest absolute Gasteiger partial charge is 0.255 e. The highest BCUT2D eigenvalue weighted by molar-refractivity contribution is 5.95. The number of nitrogens with one attached hydrogen (secondary N) is 1. The highest BCUT2D eigenvalue weighted by atomic mass is 16.5. The summed E-state index contributed by atoms with van der Waals surface area (Å²) in [7, 11) is 2.12. The Labute approximate surface area is 136 Å². The van der Waals surface area contributed by atoms with Crippen LogP contribution in [0.2, 0.25) is 0 Å². The predicted octanol–water partition coefficient (Wildman–Crippen LogP) is 0.866. The molecule has 0 spiro atoms. The maximum atomic E-state index is 12.7. The first-order valence-corrected chi connectivity index (χ1v) is 8.31. The molecule has 6 heteroatoms. The van der Waals surface area contributed by atoms with E-state index in [0.29, 0.717) is 30.8 Å². The third kappa shape index (κ3) is 4.20. The number of nitrogens with zero attached hydrogens (tertiary/aromatic N) is 2. The number of aromatic amines is 1. The Morgan fingerprint density at radius 2 is 2.22 bits per heavy atom. The van der Waals surface area contributed by atoms with E-state index in [9.17, 15) is 9.59 Å². The standard InChI is InChI=1S/C17H25N3O3/c1-12-7-16(21)18-8-15(12)17(22)20-5-6-23-14(11-20)10-19(2)9-13-3-4-13/h7-8,13-14H,3-6,9-11H2,1-2H3,(H,18,21)/t14-/m1/s1. The van der Waals surface area contributed by atoms with Gasteiger partial charge in [0.25, 0.3) is 5.91 Å². The Morgan fingerprint density at radius 1 is 1.43 bits per heavy atom. The minimum Gasteiger partial charge on any atom is -0.373 e. The zero-order chi connectivity index (χ0) is 16.4. The van der Waals surface area contributed by atoms with Crippen LogP contribution >= 0.6 is 0 Å². The van der Waals surface area contributed by atoms with Gasteiger partial charge in [-0.1, -0.05) is 0 Å². The summed E-state index contributed by atoms with van der Waals surface area (Å²) in [6.45, 7) is 5.53. The van der Waals surface area contributed by atoms with Gasteiger partial charge in [0.05, 0.1) is 18.3 Å². The minimum atomic E-state index is -0.180. The molecule has 126 valence electrons. The quantitative estimate of drug-likeness (QED) is 0.874. The van der Waals surface area contributed by atoms with E-state index in [2.05, 4.69) is 16.9 Å². The van der Waals surface area contributed by atoms with Crippen LogP contribution in [0.25, 0.3) is 0 Å². The molecule has 1 aliphatic carbocycles. The number of hydrogen-bond acceptors (Lipinski definition) is 4. The van der Waals surface area contributed by atoms with Gasteiger partial charge >= 0.3 is 0 Å². The summed E-state index contributed by atoms with van der Waals surface area (Å²) in [5, 5.41) is 0. The van der Waals surface area contributed by atoms with Gasteiger partial charge in [-0.25, -0.2) is 0 Å². The molecule has 1 atom stereocenters. The third-order valence-corrected chi connectivity index (χ3v) is 4.57. The lowest BCUT2D eigenvalue weighted by Crippen LogP contribution is -2.49. The Kier molecular flexibility index (Phi) is 4.82. The van der Waals surface area contributed by atoms with Crippen molar-refractivity contribution in [1.82, 2.24) is 14.8 Å². The third-order valence-electron chi connectivity index (χ3n) is 4.57. The van der Waals surface area contributed by atoms with Crippen molar-refractivity contribution in [1.29, 1.82) is 0 Å². The fraction of sp³-hybridized carbons (Fsp3) is 0.647. The topological polar surface area (TPSA) is 65.6 Å². The number of aryl methyl sites for hydroxylation is 1. The Bertz CT molecular complexity index is 624. The number of carbonyl (C=O) groups is 1. The number of pyridine rings is 1. The predicted molar refractivity (Wildman–Crippen MR) is 87.7 cm³/mol. The number of amides is 1. The van der Waals surface area contributed by atoms with E-state index in [1.807, 2.05) is 4.90 Å². The van der Waals surface area contributed by atoms with Crippen LogP contribution in [0.1, 0.15) is 28.8 Å². The van der Waals surface area contributed by atoms with Gasteiger partial charge in [0, 0.05) is 38.4 Å². The van der Waals surface area contributed by atoms with E-state index in [0.717, 1.165) is 19.0 Å². The lowest BCUT2D eigenvalue weighted by molar-refractivity contribution is -0.0334. The monoisotopic (exact) mass is 319 g/mol. The van der Waals surface area contributed by atoms with Gasteiger partial charge in [-0.2, -0.15) is 0 Å². The summed E-state index contributed by atoms with van der Waals surface area (Å²) in [5.74, 6) is 0.821. The normalized spacial score (nSPS) is 21.7. The lowest BCUT2D eigenvalue weighted by atomic mass is 10.1. The molecule has 1 amide bonds. The Balaban J connectivity index is 1.60. The molecule has 0 aromatic carbocycles. The molecule has 6 nitrogen and oxygen atoms in total. The van der Waals surface area contributed by atoms with Gasteiger partial charge in [0.15, 0.2) is 0 Å². The summed E-state index contributed by atoms with van der Waals surface area (Å²) < 4.78 is 5.82. The average Bonchev–Trinajstić information content (AvgIpc) is 3.30. The average molecular weight is 319 g/mol. The summed E-state index contributed by atoms with van der Waals surface area (Å²) in [4.78, 5) is 30.7. The van der Waals surface area contributed by atoms with Crippen LogP contribution in [0.5, 0.6) is 0 Å². The zero-order valence-electron chi connectivity index (χ0n) is 13.9. The van der Waals surface area contributed by atoms with E-state index < -0.39 is 0 Å². The largest absolute Gasteiger partial charge is 0.373 e. The second kappa shape index (κ2) is 6.84. The number of likely N-dealkylation sites (N-methyl/N-ethyl adjacent to an activating group) is 1. The first-order chi connectivity index (χ1) is 11.0. The summed E-state index contributed by atoms with van der Waals surface area (Å²) in [6, 6.07) is 1.47. The minimum absolute atomic E-state index is 0.0307. The van der Waals surface area contributed by atoms with Gasteiger partial charge in [-0.15, -0.1) is 0 Å². The summed E-state index contributed by atoms with van der Waals surface area (Å²) >= 11 is 0. The van der Waals surface area contributed by atoms with E-state index in [1.54, 1.807) is 6.92 Å². The molecule has 1 aromatic rings. The van der Waals surface area contributed by atoms with Crippen LogP contribution in [0.3, 0.4) is 0 Å². The number of morpholine rings is 1. The molecule has 0 bridgehead atoms. The molecular formula is C17H25N3O3. The number of hydrogen-bond donors (Lipinski definition) is 1. The molecule has 1 saturated carbocycles. The van der Waals surface area contributed by atoms with Crippen LogP contribution in [0.4, 0.5) is 0 Å². The fourth-order valence-corrected chi connectivity index (χ4v) is 3.15. The van der Waals surface area contributed by atoms with Crippen molar-refractivity contribution in [2.75, 3.05) is 39.8 Å². The van der Waals surface area contributed by atoms with Crippen LogP contribution in [-0.2, 0) is 4.74 Å². The molecule has 0 unspecified atom stereocenters.